The minimum atomic E-state index is 0.245. The second kappa shape index (κ2) is 4.70. The lowest BCUT2D eigenvalue weighted by atomic mass is 10.3. The van der Waals surface area contributed by atoms with E-state index in [1.807, 2.05) is 6.07 Å². The summed E-state index contributed by atoms with van der Waals surface area (Å²) in [4.78, 5) is 11.0. The molecule has 0 saturated heterocycles. The van der Waals surface area contributed by atoms with E-state index in [0.717, 1.165) is 12.8 Å². The number of fused-ring (bicyclic) bond motifs is 1. The molecular weight excluding hydrogens is 218 g/mol. The molecule has 0 saturated carbocycles. The monoisotopic (exact) mass is 231 g/mol. The van der Waals surface area contributed by atoms with Gasteiger partial charge in [-0.2, -0.15) is 15.2 Å². The van der Waals surface area contributed by atoms with Gasteiger partial charge in [0.1, 0.15) is 23.2 Å². The van der Waals surface area contributed by atoms with Crippen molar-refractivity contribution in [1.29, 1.82) is 5.26 Å². The maximum absolute atomic E-state index is 8.77. The number of ether oxygens (including phenoxy) is 1. The summed E-state index contributed by atoms with van der Waals surface area (Å²) in [7, 11) is 0. The van der Waals surface area contributed by atoms with Crippen molar-refractivity contribution in [3.05, 3.63) is 11.8 Å². The van der Waals surface area contributed by atoms with Crippen LogP contribution in [0.1, 0.15) is 25.5 Å². The number of rotatable bonds is 4. The quantitative estimate of drug-likeness (QED) is 0.778. The van der Waals surface area contributed by atoms with Crippen LogP contribution in [0.2, 0.25) is 0 Å². The van der Waals surface area contributed by atoms with Gasteiger partial charge in [0.25, 0.3) is 0 Å². The lowest BCUT2D eigenvalue weighted by molar-refractivity contribution is 0.287. The molecule has 6 nitrogen and oxygen atoms in total. The summed E-state index contributed by atoms with van der Waals surface area (Å²) in [6.45, 7) is 2.64. The summed E-state index contributed by atoms with van der Waals surface area (Å²) in [5.74, 6) is 0.319. The summed E-state index contributed by atoms with van der Waals surface area (Å²) in [5.41, 5.74) is 6.71. The molecule has 0 amide bonds. The first-order valence-electron chi connectivity index (χ1n) is 5.43. The van der Waals surface area contributed by atoms with Crippen molar-refractivity contribution in [2.75, 3.05) is 12.3 Å². The highest BCUT2D eigenvalue weighted by molar-refractivity contribution is 5.87. The third kappa shape index (κ3) is 2.28. The zero-order valence-corrected chi connectivity index (χ0v) is 9.53. The number of unbranched alkanes of at least 4 members (excludes halogenated alkanes) is 1. The van der Waals surface area contributed by atoms with Crippen molar-refractivity contribution < 1.29 is 4.74 Å². The minimum Gasteiger partial charge on any atom is -0.463 e. The van der Waals surface area contributed by atoms with E-state index in [9.17, 15) is 0 Å². The second-order valence-electron chi connectivity index (χ2n) is 3.65. The number of nitrogens with one attached hydrogen (secondary N) is 1. The van der Waals surface area contributed by atoms with Crippen molar-refractivity contribution in [3.8, 4) is 12.1 Å². The van der Waals surface area contributed by atoms with Gasteiger partial charge in [0.05, 0.1) is 12.0 Å². The molecule has 2 heterocycles. The Bertz CT molecular complexity index is 569. The number of aromatic amines is 1. The second-order valence-corrected chi connectivity index (χ2v) is 3.65. The van der Waals surface area contributed by atoms with E-state index in [-0.39, 0.29) is 6.01 Å². The smallest absolute Gasteiger partial charge is 0.320 e. The Morgan fingerprint density at radius 1 is 1.53 bits per heavy atom. The molecule has 0 spiro atoms. The molecule has 3 N–H and O–H groups in total. The molecule has 0 aliphatic heterocycles. The summed E-state index contributed by atoms with van der Waals surface area (Å²) < 4.78 is 5.37. The van der Waals surface area contributed by atoms with Gasteiger partial charge in [-0.05, 0) is 12.5 Å². The summed E-state index contributed by atoms with van der Waals surface area (Å²) in [5, 5.41) is 9.41. The van der Waals surface area contributed by atoms with Gasteiger partial charge in [0, 0.05) is 0 Å². The number of H-pyrrole nitrogens is 1. The summed E-state index contributed by atoms with van der Waals surface area (Å²) >= 11 is 0. The Labute approximate surface area is 98.4 Å². The van der Waals surface area contributed by atoms with Crippen molar-refractivity contribution in [1.82, 2.24) is 15.0 Å². The molecule has 0 aliphatic carbocycles. The molecule has 0 aliphatic rings. The Kier molecular flexibility index (Phi) is 3.10. The number of anilines is 1. The highest BCUT2D eigenvalue weighted by Gasteiger charge is 2.09. The van der Waals surface area contributed by atoms with Crippen LogP contribution in [0.3, 0.4) is 0 Å². The normalized spacial score (nSPS) is 10.4. The molecule has 0 fully saturated rings. The Morgan fingerprint density at radius 3 is 3.06 bits per heavy atom. The summed E-state index contributed by atoms with van der Waals surface area (Å²) in [6, 6.07) is 3.87. The van der Waals surface area contributed by atoms with Crippen LogP contribution < -0.4 is 10.5 Å². The van der Waals surface area contributed by atoms with E-state index < -0.39 is 0 Å². The third-order valence-corrected chi connectivity index (χ3v) is 2.35. The number of aromatic nitrogens is 3. The van der Waals surface area contributed by atoms with Gasteiger partial charge in [0.15, 0.2) is 0 Å². The van der Waals surface area contributed by atoms with Crippen molar-refractivity contribution in [3.63, 3.8) is 0 Å². The van der Waals surface area contributed by atoms with Crippen molar-refractivity contribution in [2.45, 2.75) is 19.8 Å². The maximum Gasteiger partial charge on any atom is 0.320 e. The molecule has 0 aromatic carbocycles. The number of nitrogens with zero attached hydrogens (tertiary/aromatic N) is 3. The molecule has 0 bridgehead atoms. The van der Waals surface area contributed by atoms with E-state index in [1.165, 1.54) is 0 Å². The average molecular weight is 231 g/mol. The van der Waals surface area contributed by atoms with E-state index in [1.54, 1.807) is 6.07 Å². The van der Waals surface area contributed by atoms with Crippen LogP contribution >= 0.6 is 0 Å². The van der Waals surface area contributed by atoms with E-state index >= 15 is 0 Å². The fourth-order valence-corrected chi connectivity index (χ4v) is 1.44. The van der Waals surface area contributed by atoms with Crippen LogP contribution in [0.25, 0.3) is 11.0 Å². The number of nitriles is 1. The van der Waals surface area contributed by atoms with Crippen molar-refractivity contribution >= 4 is 16.9 Å². The van der Waals surface area contributed by atoms with E-state index in [4.69, 9.17) is 15.7 Å². The van der Waals surface area contributed by atoms with Crippen molar-refractivity contribution in [2.24, 2.45) is 0 Å². The first-order chi connectivity index (χ1) is 8.24. The Hall–Kier alpha value is -2.29. The number of nitrogens with two attached hydrogens (primary N) is 1. The molecule has 88 valence electrons. The minimum absolute atomic E-state index is 0.245. The third-order valence-electron chi connectivity index (χ3n) is 2.35. The number of hydrogen-bond donors (Lipinski definition) is 2. The van der Waals surface area contributed by atoms with Gasteiger partial charge in [0.2, 0.25) is 0 Å². The molecule has 2 rings (SSSR count). The van der Waals surface area contributed by atoms with Crippen LogP contribution in [0.5, 0.6) is 6.01 Å². The van der Waals surface area contributed by atoms with Gasteiger partial charge in [-0.15, -0.1) is 0 Å². The Morgan fingerprint density at radius 2 is 2.35 bits per heavy atom. The van der Waals surface area contributed by atoms with Gasteiger partial charge >= 0.3 is 6.01 Å². The topological polar surface area (TPSA) is 101 Å². The fraction of sp³-hybridized carbons (Fsp3) is 0.364. The molecule has 6 heteroatoms. The largest absolute Gasteiger partial charge is 0.463 e. The zero-order chi connectivity index (χ0) is 12.3. The predicted molar refractivity (Wildman–Crippen MR) is 63.4 cm³/mol. The zero-order valence-electron chi connectivity index (χ0n) is 9.53. The molecule has 17 heavy (non-hydrogen) atoms. The first kappa shape index (κ1) is 11.2. The molecule has 0 atom stereocenters. The van der Waals surface area contributed by atoms with Crippen LogP contribution in [0.4, 0.5) is 5.82 Å². The van der Waals surface area contributed by atoms with Crippen LogP contribution in [0.15, 0.2) is 6.07 Å². The maximum atomic E-state index is 8.77. The van der Waals surface area contributed by atoms with Gasteiger partial charge < -0.3 is 15.5 Å². The van der Waals surface area contributed by atoms with Gasteiger partial charge in [-0.3, -0.25) is 0 Å². The molecule has 2 aromatic heterocycles. The molecule has 2 aromatic rings. The SMILES string of the molecule is CCCCOc1nc(N)c2cc(C#N)[nH]c2n1. The average Bonchev–Trinajstić information content (AvgIpc) is 2.73. The molecular formula is C11H13N5O. The van der Waals surface area contributed by atoms with E-state index in [0.29, 0.717) is 29.2 Å². The van der Waals surface area contributed by atoms with Crippen LogP contribution in [0, 0.1) is 11.3 Å². The lowest BCUT2D eigenvalue weighted by Crippen LogP contribution is -2.03. The predicted octanol–water partition coefficient (Wildman–Crippen LogP) is 1.59. The highest BCUT2D eigenvalue weighted by atomic mass is 16.5. The van der Waals surface area contributed by atoms with Crippen LogP contribution in [-0.2, 0) is 0 Å². The Balaban J connectivity index is 2.31. The lowest BCUT2D eigenvalue weighted by Gasteiger charge is -2.03. The highest BCUT2D eigenvalue weighted by Crippen LogP contribution is 2.21. The van der Waals surface area contributed by atoms with Gasteiger partial charge in [-0.25, -0.2) is 0 Å². The number of nitrogen functional groups attached to an aromatic ring is 1. The first-order valence-corrected chi connectivity index (χ1v) is 5.43. The fourth-order valence-electron chi connectivity index (χ4n) is 1.44. The molecule has 0 radical (unpaired) electrons. The standard InChI is InChI=1S/C11H13N5O/c1-2-3-4-17-11-15-9(13)8-5-7(6-12)14-10(8)16-11/h5H,2-4H2,1H3,(H3,13,14,15,16). The summed E-state index contributed by atoms with van der Waals surface area (Å²) in [6.07, 6.45) is 1.98. The molecule has 0 unspecified atom stereocenters. The van der Waals surface area contributed by atoms with Gasteiger partial charge in [-0.1, -0.05) is 13.3 Å². The van der Waals surface area contributed by atoms with E-state index in [2.05, 4.69) is 21.9 Å². The van der Waals surface area contributed by atoms with Crippen LogP contribution in [-0.4, -0.2) is 21.6 Å². The number of hydrogen-bond acceptors (Lipinski definition) is 5.